The molecule has 146 valence electrons. The predicted octanol–water partition coefficient (Wildman–Crippen LogP) is 2.95. The Kier molecular flexibility index (Phi) is 4.52. The first-order valence-corrected chi connectivity index (χ1v) is 9.86. The van der Waals surface area contributed by atoms with Gasteiger partial charge in [0.25, 0.3) is 0 Å². The number of likely N-dealkylation sites (N-methyl/N-ethyl adjacent to an activating group) is 1. The summed E-state index contributed by atoms with van der Waals surface area (Å²) in [7, 11) is 3.41. The van der Waals surface area contributed by atoms with Gasteiger partial charge >= 0.3 is 6.09 Å². The summed E-state index contributed by atoms with van der Waals surface area (Å²) in [4.78, 5) is 29.2. The molecule has 1 saturated carbocycles. The van der Waals surface area contributed by atoms with E-state index in [1.807, 2.05) is 29.2 Å². The lowest BCUT2D eigenvalue weighted by Gasteiger charge is -2.42. The summed E-state index contributed by atoms with van der Waals surface area (Å²) in [6.07, 6.45) is 5.29. The zero-order chi connectivity index (χ0) is 19.1. The number of ether oxygens (including phenoxy) is 2. The number of methoxy groups -OCH3 is 1. The van der Waals surface area contributed by atoms with E-state index in [1.54, 1.807) is 19.1 Å². The maximum atomic E-state index is 13.7. The first-order valence-electron chi connectivity index (χ1n) is 9.86. The van der Waals surface area contributed by atoms with Crippen molar-refractivity contribution in [1.29, 1.82) is 0 Å². The molecule has 0 N–H and O–H groups in total. The molecule has 0 unspecified atom stereocenters. The molecule has 2 aliphatic heterocycles. The van der Waals surface area contributed by atoms with Crippen LogP contribution in [0.2, 0.25) is 0 Å². The van der Waals surface area contributed by atoms with Crippen molar-refractivity contribution in [3.8, 4) is 5.75 Å². The lowest BCUT2D eigenvalue weighted by atomic mass is 9.76. The van der Waals surface area contributed by atoms with Crippen LogP contribution in [0, 0.1) is 0 Å². The first kappa shape index (κ1) is 18.1. The van der Waals surface area contributed by atoms with Gasteiger partial charge in [0.05, 0.1) is 25.6 Å². The molecule has 1 aromatic rings. The van der Waals surface area contributed by atoms with Crippen LogP contribution in [-0.4, -0.2) is 61.2 Å². The van der Waals surface area contributed by atoms with Crippen molar-refractivity contribution in [1.82, 2.24) is 9.80 Å². The molecular weight excluding hydrogens is 344 g/mol. The fourth-order valence-electron chi connectivity index (χ4n) is 5.09. The molecule has 1 atom stereocenters. The largest absolute Gasteiger partial charge is 0.497 e. The molecule has 3 aliphatic rings. The van der Waals surface area contributed by atoms with Gasteiger partial charge in [-0.05, 0) is 43.4 Å². The molecule has 1 aromatic carbocycles. The molecule has 2 amide bonds. The Morgan fingerprint density at radius 2 is 1.78 bits per heavy atom. The van der Waals surface area contributed by atoms with Crippen LogP contribution in [0.3, 0.4) is 0 Å². The molecule has 2 saturated heterocycles. The Bertz CT molecular complexity index is 726. The monoisotopic (exact) mass is 372 g/mol. The van der Waals surface area contributed by atoms with Gasteiger partial charge in [-0.15, -0.1) is 0 Å². The van der Waals surface area contributed by atoms with Crippen LogP contribution in [0.25, 0.3) is 0 Å². The van der Waals surface area contributed by atoms with E-state index in [9.17, 15) is 9.59 Å². The molecule has 3 fully saturated rings. The Balaban J connectivity index is 1.59. The number of likely N-dealkylation sites (tertiary alicyclic amines) is 1. The third-order valence-corrected chi connectivity index (χ3v) is 6.48. The van der Waals surface area contributed by atoms with E-state index >= 15 is 0 Å². The van der Waals surface area contributed by atoms with Crippen molar-refractivity contribution in [3.63, 3.8) is 0 Å². The summed E-state index contributed by atoms with van der Waals surface area (Å²) >= 11 is 0. The number of carbonyl (C=O) groups excluding carboxylic acids is 2. The highest BCUT2D eigenvalue weighted by Crippen LogP contribution is 2.44. The number of amides is 2. The van der Waals surface area contributed by atoms with Crippen molar-refractivity contribution >= 4 is 12.0 Å². The molecule has 4 rings (SSSR count). The summed E-state index contributed by atoms with van der Waals surface area (Å²) in [5, 5.41) is 0. The minimum absolute atomic E-state index is 0.190. The number of nitrogens with zero attached hydrogens (tertiary/aromatic N) is 2. The topological polar surface area (TPSA) is 59.1 Å². The van der Waals surface area contributed by atoms with Crippen molar-refractivity contribution < 1.29 is 19.1 Å². The number of carbonyl (C=O) groups is 2. The van der Waals surface area contributed by atoms with Crippen LogP contribution < -0.4 is 4.74 Å². The highest BCUT2D eigenvalue weighted by Gasteiger charge is 2.51. The summed E-state index contributed by atoms with van der Waals surface area (Å²) < 4.78 is 11.0. The highest BCUT2D eigenvalue weighted by molar-refractivity contribution is 5.89. The average molecular weight is 372 g/mol. The van der Waals surface area contributed by atoms with Crippen LogP contribution in [0.15, 0.2) is 24.3 Å². The number of rotatable bonds is 3. The van der Waals surface area contributed by atoms with Crippen LogP contribution >= 0.6 is 0 Å². The smallest absolute Gasteiger partial charge is 0.410 e. The molecule has 6 nitrogen and oxygen atoms in total. The molecule has 6 heteroatoms. The minimum atomic E-state index is -0.542. The third kappa shape index (κ3) is 3.05. The minimum Gasteiger partial charge on any atom is -0.497 e. The van der Waals surface area contributed by atoms with Gasteiger partial charge in [-0.25, -0.2) is 4.79 Å². The zero-order valence-electron chi connectivity index (χ0n) is 16.2. The van der Waals surface area contributed by atoms with Gasteiger partial charge in [0.1, 0.15) is 11.4 Å². The second-order valence-corrected chi connectivity index (χ2v) is 8.26. The average Bonchev–Trinajstić information content (AvgIpc) is 3.27. The quantitative estimate of drug-likeness (QED) is 0.819. The van der Waals surface area contributed by atoms with Crippen molar-refractivity contribution in [2.75, 3.05) is 33.8 Å². The Labute approximate surface area is 160 Å². The Hall–Kier alpha value is -2.24. The first-order chi connectivity index (χ1) is 13.0. The van der Waals surface area contributed by atoms with Gasteiger partial charge in [0, 0.05) is 13.6 Å². The van der Waals surface area contributed by atoms with E-state index in [4.69, 9.17) is 9.47 Å². The molecule has 1 aliphatic carbocycles. The van der Waals surface area contributed by atoms with Crippen LogP contribution in [0.1, 0.15) is 44.1 Å². The number of benzene rings is 1. The molecule has 0 aromatic heterocycles. The second-order valence-electron chi connectivity index (χ2n) is 8.26. The standard InChI is InChI=1S/C21H28N2O4/c1-22-14-20(27-19(22)25)10-5-13-23(15-20)18(24)21(11-3-4-12-21)16-6-8-17(26-2)9-7-16/h6-9H,3-5,10-15H2,1-2H3/t20-/m0/s1. The van der Waals surface area contributed by atoms with E-state index in [2.05, 4.69) is 0 Å². The Morgan fingerprint density at radius 3 is 2.37 bits per heavy atom. The van der Waals surface area contributed by atoms with Crippen LogP contribution in [0.4, 0.5) is 4.79 Å². The molecular formula is C21H28N2O4. The highest BCUT2D eigenvalue weighted by atomic mass is 16.6. The fraction of sp³-hybridized carbons (Fsp3) is 0.619. The molecule has 0 radical (unpaired) electrons. The van der Waals surface area contributed by atoms with E-state index in [0.717, 1.165) is 56.4 Å². The van der Waals surface area contributed by atoms with Crippen molar-refractivity contribution in [3.05, 3.63) is 29.8 Å². The molecule has 0 bridgehead atoms. The Morgan fingerprint density at radius 1 is 1.07 bits per heavy atom. The predicted molar refractivity (Wildman–Crippen MR) is 101 cm³/mol. The molecule has 2 heterocycles. The molecule has 27 heavy (non-hydrogen) atoms. The number of piperidine rings is 1. The second kappa shape index (κ2) is 6.73. The third-order valence-electron chi connectivity index (χ3n) is 6.48. The summed E-state index contributed by atoms with van der Waals surface area (Å²) in [5.41, 5.74) is 0.0737. The SMILES string of the molecule is COc1ccc(C2(C(=O)N3CCC[C@]4(CN(C)C(=O)O4)C3)CCCC2)cc1. The van der Waals surface area contributed by atoms with Gasteiger partial charge in [0.15, 0.2) is 0 Å². The van der Waals surface area contributed by atoms with Crippen molar-refractivity contribution in [2.45, 2.75) is 49.5 Å². The molecule has 1 spiro atoms. The number of hydrogen-bond acceptors (Lipinski definition) is 4. The van der Waals surface area contributed by atoms with Gasteiger partial charge < -0.3 is 19.3 Å². The van der Waals surface area contributed by atoms with Crippen LogP contribution in [0.5, 0.6) is 5.75 Å². The summed E-state index contributed by atoms with van der Waals surface area (Å²) in [6, 6.07) is 7.94. The normalized spacial score (nSPS) is 27.1. The van der Waals surface area contributed by atoms with E-state index in [0.29, 0.717) is 13.1 Å². The summed E-state index contributed by atoms with van der Waals surface area (Å²) in [5.74, 6) is 0.993. The maximum Gasteiger partial charge on any atom is 0.410 e. The fourth-order valence-corrected chi connectivity index (χ4v) is 5.09. The van der Waals surface area contributed by atoms with Gasteiger partial charge in [-0.3, -0.25) is 4.79 Å². The van der Waals surface area contributed by atoms with E-state index in [-0.39, 0.29) is 12.0 Å². The van der Waals surface area contributed by atoms with Crippen molar-refractivity contribution in [2.24, 2.45) is 0 Å². The lowest BCUT2D eigenvalue weighted by molar-refractivity contribution is -0.143. The van der Waals surface area contributed by atoms with Gasteiger partial charge in [-0.2, -0.15) is 0 Å². The van der Waals surface area contributed by atoms with E-state index in [1.165, 1.54) is 0 Å². The number of hydrogen-bond donors (Lipinski definition) is 0. The lowest BCUT2D eigenvalue weighted by Crippen LogP contribution is -2.56. The van der Waals surface area contributed by atoms with Gasteiger partial charge in [0.2, 0.25) is 5.91 Å². The van der Waals surface area contributed by atoms with E-state index < -0.39 is 11.0 Å². The summed E-state index contributed by atoms with van der Waals surface area (Å²) in [6.45, 7) is 1.80. The van der Waals surface area contributed by atoms with Gasteiger partial charge in [-0.1, -0.05) is 25.0 Å². The van der Waals surface area contributed by atoms with Crippen LogP contribution in [-0.2, 0) is 14.9 Å². The maximum absolute atomic E-state index is 13.7. The zero-order valence-corrected chi connectivity index (χ0v) is 16.2.